The molecule has 1 N–H and O–H groups in total. The topological polar surface area (TPSA) is 76.5 Å². The van der Waals surface area contributed by atoms with Gasteiger partial charge in [0.1, 0.15) is 12.4 Å². The van der Waals surface area contributed by atoms with E-state index in [2.05, 4.69) is 57.3 Å². The monoisotopic (exact) mass is 546 g/mol. The Kier molecular flexibility index (Phi) is 7.87. The number of aromatic nitrogens is 2. The van der Waals surface area contributed by atoms with Crippen LogP contribution >= 0.6 is 11.8 Å². The number of nitrogens with zero attached hydrogens (tertiary/aromatic N) is 3. The van der Waals surface area contributed by atoms with E-state index in [0.717, 1.165) is 47.5 Å². The molecule has 1 aromatic heterocycles. The Labute approximate surface area is 235 Å². The summed E-state index contributed by atoms with van der Waals surface area (Å²) in [5.41, 5.74) is 5.94. The predicted octanol–water partition coefficient (Wildman–Crippen LogP) is 5.25. The molecule has 2 aromatic carbocycles. The number of carbonyl (C=O) groups excluding carboxylic acids is 2. The van der Waals surface area contributed by atoms with E-state index in [1.807, 2.05) is 35.9 Å². The number of benzene rings is 2. The minimum absolute atomic E-state index is 0.0381. The number of thioether (sulfide) groups is 1. The zero-order chi connectivity index (χ0) is 27.7. The van der Waals surface area contributed by atoms with Crippen molar-refractivity contribution in [3.63, 3.8) is 0 Å². The molecular formula is C31H38N4O3S. The molecule has 0 bridgehead atoms. The van der Waals surface area contributed by atoms with E-state index in [1.165, 1.54) is 5.56 Å². The van der Waals surface area contributed by atoms with Gasteiger partial charge in [0.25, 0.3) is 0 Å². The summed E-state index contributed by atoms with van der Waals surface area (Å²) >= 11 is 1.61. The number of hydrogen-bond donors (Lipinski definition) is 1. The van der Waals surface area contributed by atoms with Crippen LogP contribution in [0.5, 0.6) is 0 Å². The first kappa shape index (κ1) is 27.5. The maximum Gasteiger partial charge on any atom is 0.240 e. The third-order valence-electron chi connectivity index (χ3n) is 7.28. The second kappa shape index (κ2) is 11.2. The minimum atomic E-state index is -0.288. The van der Waals surface area contributed by atoms with Gasteiger partial charge in [0.15, 0.2) is 0 Å². The van der Waals surface area contributed by atoms with E-state index in [-0.39, 0.29) is 40.9 Å². The highest BCUT2D eigenvalue weighted by atomic mass is 32.2. The molecule has 2 aliphatic rings. The maximum atomic E-state index is 13.8. The van der Waals surface area contributed by atoms with Gasteiger partial charge in [-0.15, -0.1) is 11.8 Å². The lowest BCUT2D eigenvalue weighted by atomic mass is 9.87. The molecular weight excluding hydrogens is 508 g/mol. The number of carbonyl (C=O) groups is 2. The van der Waals surface area contributed by atoms with E-state index in [9.17, 15) is 9.59 Å². The molecule has 8 heteroatoms. The van der Waals surface area contributed by atoms with Crippen LogP contribution in [0.15, 0.2) is 48.5 Å². The third kappa shape index (κ3) is 5.92. The summed E-state index contributed by atoms with van der Waals surface area (Å²) in [6, 6.07) is 16.6. The first-order valence-corrected chi connectivity index (χ1v) is 14.7. The smallest absolute Gasteiger partial charge is 0.240 e. The summed E-state index contributed by atoms with van der Waals surface area (Å²) < 4.78 is 7.55. The van der Waals surface area contributed by atoms with Crippen LogP contribution in [0.1, 0.15) is 66.8 Å². The van der Waals surface area contributed by atoms with Crippen LogP contribution in [-0.2, 0) is 19.7 Å². The molecule has 3 heterocycles. The summed E-state index contributed by atoms with van der Waals surface area (Å²) in [6.45, 7) is 11.7. The molecule has 0 radical (unpaired) electrons. The number of rotatable bonds is 6. The number of anilines is 1. The second-order valence-electron chi connectivity index (χ2n) is 11.6. The average molecular weight is 547 g/mol. The highest BCUT2D eigenvalue weighted by Gasteiger charge is 2.40. The fourth-order valence-corrected chi connectivity index (χ4v) is 6.46. The largest absolute Gasteiger partial charge is 0.376 e. The molecule has 7 nitrogen and oxygen atoms in total. The molecule has 0 aliphatic carbocycles. The Balaban J connectivity index is 1.65. The molecule has 1 saturated heterocycles. The lowest BCUT2D eigenvalue weighted by molar-refractivity contribution is -0.123. The molecule has 0 saturated carbocycles. The summed E-state index contributed by atoms with van der Waals surface area (Å²) in [5, 5.41) is 8.07. The summed E-state index contributed by atoms with van der Waals surface area (Å²) in [7, 11) is 0. The zero-order valence-electron chi connectivity index (χ0n) is 23.5. The molecule has 1 fully saturated rings. The Morgan fingerprint density at radius 1 is 1.13 bits per heavy atom. The van der Waals surface area contributed by atoms with Gasteiger partial charge in [0.05, 0.1) is 28.5 Å². The van der Waals surface area contributed by atoms with Crippen LogP contribution in [0.3, 0.4) is 0 Å². The zero-order valence-corrected chi connectivity index (χ0v) is 24.3. The number of aryl methyl sites for hydroxylation is 2. The van der Waals surface area contributed by atoms with E-state index < -0.39 is 0 Å². The van der Waals surface area contributed by atoms with Gasteiger partial charge in [0.2, 0.25) is 11.8 Å². The Morgan fingerprint density at radius 3 is 2.56 bits per heavy atom. The number of amides is 2. The fourth-order valence-electron chi connectivity index (χ4n) is 5.27. The fraction of sp³-hybridized carbons (Fsp3) is 0.452. The number of nitrogens with one attached hydrogen (secondary N) is 1. The van der Waals surface area contributed by atoms with E-state index in [1.54, 1.807) is 16.7 Å². The van der Waals surface area contributed by atoms with Crippen LogP contribution in [0.2, 0.25) is 0 Å². The summed E-state index contributed by atoms with van der Waals surface area (Å²) in [6.07, 6.45) is 1.99. The van der Waals surface area contributed by atoms with Gasteiger partial charge in [-0.25, -0.2) is 4.68 Å². The van der Waals surface area contributed by atoms with Crippen molar-refractivity contribution < 1.29 is 14.3 Å². The normalized spacial score (nSPS) is 19.6. The molecule has 0 unspecified atom stereocenters. The van der Waals surface area contributed by atoms with Gasteiger partial charge >= 0.3 is 0 Å². The van der Waals surface area contributed by atoms with Crippen LogP contribution in [-0.4, -0.2) is 53.1 Å². The van der Waals surface area contributed by atoms with Gasteiger partial charge in [-0.2, -0.15) is 5.10 Å². The van der Waals surface area contributed by atoms with Crippen molar-refractivity contribution in [2.75, 3.05) is 30.3 Å². The van der Waals surface area contributed by atoms with Crippen molar-refractivity contribution in [2.24, 2.45) is 0 Å². The van der Waals surface area contributed by atoms with Crippen LogP contribution in [0, 0.1) is 13.8 Å². The molecule has 5 rings (SSSR count). The van der Waals surface area contributed by atoms with Crippen molar-refractivity contribution in [1.29, 1.82) is 0 Å². The van der Waals surface area contributed by atoms with Crippen molar-refractivity contribution in [3.8, 4) is 5.69 Å². The quantitative estimate of drug-likeness (QED) is 0.457. The predicted molar refractivity (Wildman–Crippen MR) is 157 cm³/mol. The van der Waals surface area contributed by atoms with Crippen molar-refractivity contribution >= 4 is 29.4 Å². The summed E-state index contributed by atoms with van der Waals surface area (Å²) in [4.78, 5) is 28.6. The number of fused-ring (bicyclic) bond motifs is 1. The second-order valence-corrected chi connectivity index (χ2v) is 12.7. The van der Waals surface area contributed by atoms with Gasteiger partial charge in [-0.1, -0.05) is 68.3 Å². The third-order valence-corrected chi connectivity index (χ3v) is 8.53. The van der Waals surface area contributed by atoms with Crippen molar-refractivity contribution in [2.45, 2.75) is 64.2 Å². The Morgan fingerprint density at radius 2 is 1.90 bits per heavy atom. The summed E-state index contributed by atoms with van der Waals surface area (Å²) in [5.74, 6) is 0.650. The Hall–Kier alpha value is -3.10. The highest BCUT2D eigenvalue weighted by molar-refractivity contribution is 8.00. The van der Waals surface area contributed by atoms with Gasteiger partial charge in [-0.05, 0) is 44.4 Å². The van der Waals surface area contributed by atoms with Crippen LogP contribution in [0.4, 0.5) is 5.82 Å². The highest BCUT2D eigenvalue weighted by Crippen LogP contribution is 2.48. The first-order chi connectivity index (χ1) is 18.6. The molecule has 2 amide bonds. The lowest BCUT2D eigenvalue weighted by Crippen LogP contribution is -2.44. The van der Waals surface area contributed by atoms with Crippen LogP contribution < -0.4 is 10.2 Å². The van der Waals surface area contributed by atoms with E-state index >= 15 is 0 Å². The maximum absolute atomic E-state index is 13.8. The molecule has 2 atom stereocenters. The minimum Gasteiger partial charge on any atom is -0.376 e. The first-order valence-electron chi connectivity index (χ1n) is 13.7. The number of hydrogen-bond acceptors (Lipinski definition) is 5. The van der Waals surface area contributed by atoms with Gasteiger partial charge in [0, 0.05) is 24.1 Å². The molecule has 2 aliphatic heterocycles. The van der Waals surface area contributed by atoms with Crippen molar-refractivity contribution in [1.82, 2.24) is 15.1 Å². The standard InChI is InChI=1S/C31H38N4O3S/c1-20-11-13-23(14-12-20)35-30-27(29(33-35)31(3,4)5)28(22-9-6-8-21(2)16-22)39-19-26(37)34(30)18-25(36)32-17-24-10-7-15-38-24/h6,8-9,11-14,16,24,28H,7,10,15,17-19H2,1-5H3,(H,32,36)/t24-,28-/m0/s1. The molecule has 0 spiro atoms. The molecule has 206 valence electrons. The van der Waals surface area contributed by atoms with E-state index in [0.29, 0.717) is 12.4 Å². The SMILES string of the molecule is Cc1ccc(-n2nc(C(C)(C)C)c3c2N(CC(=O)NC[C@@H]2CCCO2)C(=O)CS[C@H]3c2cccc(C)c2)cc1. The van der Waals surface area contributed by atoms with Crippen LogP contribution in [0.25, 0.3) is 5.69 Å². The molecule has 39 heavy (non-hydrogen) atoms. The van der Waals surface area contributed by atoms with Gasteiger partial charge < -0.3 is 10.1 Å². The van der Waals surface area contributed by atoms with Gasteiger partial charge in [-0.3, -0.25) is 14.5 Å². The average Bonchev–Trinajstić information content (AvgIpc) is 3.52. The lowest BCUT2D eigenvalue weighted by Gasteiger charge is -2.25. The number of ether oxygens (including phenoxy) is 1. The van der Waals surface area contributed by atoms with E-state index in [4.69, 9.17) is 9.84 Å². The van der Waals surface area contributed by atoms with Crippen molar-refractivity contribution in [3.05, 3.63) is 76.5 Å². The Bertz CT molecular complexity index is 1350. The molecule has 3 aromatic rings.